The number of carbonyl (C=O) groups excluding carboxylic acids is 1. The minimum atomic E-state index is -3.41. The summed E-state index contributed by atoms with van der Waals surface area (Å²) in [5, 5.41) is 2.40. The summed E-state index contributed by atoms with van der Waals surface area (Å²) in [6.07, 6.45) is 1.05. The Bertz CT molecular complexity index is 806. The lowest BCUT2D eigenvalue weighted by atomic mass is 10.2. The molecule has 4 nitrogen and oxygen atoms in total. The largest absolute Gasteiger partial charge is 0.319 e. The van der Waals surface area contributed by atoms with Crippen LogP contribution in [0.25, 0.3) is 0 Å². The molecule has 1 amide bonds. The summed E-state index contributed by atoms with van der Waals surface area (Å²) < 4.78 is 37.1. The van der Waals surface area contributed by atoms with Gasteiger partial charge in [0.05, 0.1) is 10.6 Å². The van der Waals surface area contributed by atoms with Crippen LogP contribution in [0.1, 0.15) is 10.4 Å². The van der Waals surface area contributed by atoms with Crippen molar-refractivity contribution < 1.29 is 17.6 Å². The Labute approximate surface area is 130 Å². The number of carbonyl (C=O) groups is 1. The molecule has 2 aromatic rings. The maximum Gasteiger partial charge on any atom is 0.255 e. The van der Waals surface area contributed by atoms with Crippen LogP contribution >= 0.6 is 15.9 Å². The predicted molar refractivity (Wildman–Crippen MR) is 81.6 cm³/mol. The predicted octanol–water partition coefficient (Wildman–Crippen LogP) is 3.24. The van der Waals surface area contributed by atoms with E-state index in [1.807, 2.05) is 0 Å². The highest BCUT2D eigenvalue weighted by Gasteiger charge is 2.13. The van der Waals surface area contributed by atoms with Crippen LogP contribution in [0.15, 0.2) is 51.8 Å². The Morgan fingerprint density at radius 3 is 2.52 bits per heavy atom. The molecule has 0 aliphatic rings. The smallest absolute Gasteiger partial charge is 0.255 e. The SMILES string of the molecule is CS(=O)(=O)c1cccc(C(=O)Nc2ccc(Br)cc2F)c1. The van der Waals surface area contributed by atoms with E-state index in [2.05, 4.69) is 21.2 Å². The van der Waals surface area contributed by atoms with Gasteiger partial charge < -0.3 is 5.32 Å². The van der Waals surface area contributed by atoms with Crippen LogP contribution in [0, 0.1) is 5.82 Å². The van der Waals surface area contributed by atoms with Gasteiger partial charge in [-0.1, -0.05) is 22.0 Å². The fourth-order valence-corrected chi connectivity index (χ4v) is 2.65. The van der Waals surface area contributed by atoms with Crippen molar-refractivity contribution in [1.29, 1.82) is 0 Å². The molecule has 7 heteroatoms. The maximum absolute atomic E-state index is 13.7. The average Bonchev–Trinajstić information content (AvgIpc) is 2.41. The zero-order valence-electron chi connectivity index (χ0n) is 10.9. The molecule has 0 heterocycles. The van der Waals surface area contributed by atoms with Crippen molar-refractivity contribution in [2.24, 2.45) is 0 Å². The van der Waals surface area contributed by atoms with Crippen LogP contribution in [0.5, 0.6) is 0 Å². The Kier molecular flexibility index (Phi) is 4.43. The second kappa shape index (κ2) is 5.95. The van der Waals surface area contributed by atoms with Gasteiger partial charge in [-0.2, -0.15) is 0 Å². The highest BCUT2D eigenvalue weighted by molar-refractivity contribution is 9.10. The molecule has 0 aromatic heterocycles. The van der Waals surface area contributed by atoms with E-state index in [-0.39, 0.29) is 16.1 Å². The first-order valence-corrected chi connectivity index (χ1v) is 8.52. The molecule has 0 spiro atoms. The molecule has 2 aromatic carbocycles. The number of sulfone groups is 1. The van der Waals surface area contributed by atoms with E-state index in [4.69, 9.17) is 0 Å². The lowest BCUT2D eigenvalue weighted by Gasteiger charge is -2.07. The lowest BCUT2D eigenvalue weighted by molar-refractivity contribution is 0.102. The van der Waals surface area contributed by atoms with Gasteiger partial charge in [-0.3, -0.25) is 4.79 Å². The van der Waals surface area contributed by atoms with E-state index < -0.39 is 21.6 Å². The number of rotatable bonds is 3. The van der Waals surface area contributed by atoms with Crippen LogP contribution in [0.2, 0.25) is 0 Å². The molecule has 1 N–H and O–H groups in total. The van der Waals surface area contributed by atoms with E-state index in [1.165, 1.54) is 36.4 Å². The standard InChI is InChI=1S/C14H11BrFNO3S/c1-21(19,20)11-4-2-3-9(7-11)14(18)17-13-6-5-10(15)8-12(13)16/h2-8H,1H3,(H,17,18). The van der Waals surface area contributed by atoms with Gasteiger partial charge in [0.15, 0.2) is 9.84 Å². The molecule has 0 bridgehead atoms. The molecule has 110 valence electrons. The van der Waals surface area contributed by atoms with Crippen LogP contribution < -0.4 is 5.32 Å². The summed E-state index contributed by atoms with van der Waals surface area (Å²) in [7, 11) is -3.41. The van der Waals surface area contributed by atoms with E-state index in [1.54, 1.807) is 6.07 Å². The zero-order chi connectivity index (χ0) is 15.6. The number of hydrogen-bond donors (Lipinski definition) is 1. The summed E-state index contributed by atoms with van der Waals surface area (Å²) >= 11 is 3.12. The van der Waals surface area contributed by atoms with Crippen LogP contribution in [0.3, 0.4) is 0 Å². The molecule has 21 heavy (non-hydrogen) atoms. The minimum Gasteiger partial charge on any atom is -0.319 e. The second-order valence-electron chi connectivity index (χ2n) is 4.38. The van der Waals surface area contributed by atoms with Crippen molar-refractivity contribution in [2.75, 3.05) is 11.6 Å². The first-order valence-electron chi connectivity index (χ1n) is 5.84. The summed E-state index contributed by atoms with van der Waals surface area (Å²) in [6.45, 7) is 0. The van der Waals surface area contributed by atoms with Gasteiger partial charge >= 0.3 is 0 Å². The third kappa shape index (κ3) is 3.89. The Morgan fingerprint density at radius 2 is 1.90 bits per heavy atom. The van der Waals surface area contributed by atoms with E-state index in [9.17, 15) is 17.6 Å². The molecule has 0 unspecified atom stereocenters. The second-order valence-corrected chi connectivity index (χ2v) is 7.31. The topological polar surface area (TPSA) is 63.2 Å². The van der Waals surface area contributed by atoms with Crippen molar-refractivity contribution in [3.63, 3.8) is 0 Å². The van der Waals surface area contributed by atoms with Gasteiger partial charge in [0.2, 0.25) is 0 Å². The number of nitrogens with one attached hydrogen (secondary N) is 1. The van der Waals surface area contributed by atoms with Gasteiger partial charge in [-0.25, -0.2) is 12.8 Å². The first-order chi connectivity index (χ1) is 9.77. The fourth-order valence-electron chi connectivity index (χ4n) is 1.65. The third-order valence-electron chi connectivity index (χ3n) is 2.70. The normalized spacial score (nSPS) is 11.2. The van der Waals surface area contributed by atoms with Crippen molar-refractivity contribution in [1.82, 2.24) is 0 Å². The number of halogens is 2. The minimum absolute atomic E-state index is 0.0213. The van der Waals surface area contributed by atoms with Crippen LogP contribution in [-0.2, 0) is 9.84 Å². The van der Waals surface area contributed by atoms with E-state index >= 15 is 0 Å². The summed E-state index contributed by atoms with van der Waals surface area (Å²) in [5.41, 5.74) is 0.160. The van der Waals surface area contributed by atoms with E-state index in [0.29, 0.717) is 4.47 Å². The summed E-state index contributed by atoms with van der Waals surface area (Å²) in [4.78, 5) is 12.1. The summed E-state index contributed by atoms with van der Waals surface area (Å²) in [5.74, 6) is -1.17. The van der Waals surface area contributed by atoms with Crippen molar-refractivity contribution in [3.8, 4) is 0 Å². The lowest BCUT2D eigenvalue weighted by Crippen LogP contribution is -2.13. The monoisotopic (exact) mass is 371 g/mol. The number of hydrogen-bond acceptors (Lipinski definition) is 3. The zero-order valence-corrected chi connectivity index (χ0v) is 13.3. The fraction of sp³-hybridized carbons (Fsp3) is 0.0714. The molecular weight excluding hydrogens is 361 g/mol. The highest BCUT2D eigenvalue weighted by Crippen LogP contribution is 2.20. The van der Waals surface area contributed by atoms with Crippen molar-refractivity contribution in [2.45, 2.75) is 4.90 Å². The van der Waals surface area contributed by atoms with Crippen molar-refractivity contribution in [3.05, 3.63) is 58.3 Å². The molecule has 0 atom stereocenters. The molecule has 0 fully saturated rings. The average molecular weight is 372 g/mol. The Balaban J connectivity index is 2.29. The Hall–Kier alpha value is -1.73. The molecule has 0 radical (unpaired) electrons. The molecular formula is C14H11BrFNO3S. The van der Waals surface area contributed by atoms with Gasteiger partial charge in [0, 0.05) is 16.3 Å². The quantitative estimate of drug-likeness (QED) is 0.900. The van der Waals surface area contributed by atoms with Crippen LogP contribution in [-0.4, -0.2) is 20.6 Å². The van der Waals surface area contributed by atoms with Gasteiger partial charge in [-0.05, 0) is 36.4 Å². The molecule has 0 saturated carbocycles. The Morgan fingerprint density at radius 1 is 1.19 bits per heavy atom. The van der Waals surface area contributed by atoms with Gasteiger partial charge in [-0.15, -0.1) is 0 Å². The molecule has 2 rings (SSSR count). The maximum atomic E-state index is 13.7. The molecule has 0 aliphatic carbocycles. The third-order valence-corrected chi connectivity index (χ3v) is 4.31. The highest BCUT2D eigenvalue weighted by atomic mass is 79.9. The van der Waals surface area contributed by atoms with Gasteiger partial charge in [0.1, 0.15) is 5.82 Å². The van der Waals surface area contributed by atoms with Gasteiger partial charge in [0.25, 0.3) is 5.91 Å². The number of benzene rings is 2. The summed E-state index contributed by atoms with van der Waals surface area (Å²) in [6, 6.07) is 9.80. The van der Waals surface area contributed by atoms with E-state index in [0.717, 1.165) is 6.26 Å². The van der Waals surface area contributed by atoms with Crippen molar-refractivity contribution >= 4 is 37.4 Å². The first kappa shape index (κ1) is 15.7. The molecule has 0 saturated heterocycles. The van der Waals surface area contributed by atoms with Crippen LogP contribution in [0.4, 0.5) is 10.1 Å². The number of anilines is 1. The number of amides is 1. The molecule has 0 aliphatic heterocycles.